The summed E-state index contributed by atoms with van der Waals surface area (Å²) in [5.74, 6) is -0.311. The molecule has 2 amide bonds. The van der Waals surface area contributed by atoms with Gasteiger partial charge in [-0.05, 0) is 38.7 Å². The molecular weight excluding hydrogens is 292 g/mol. The molecule has 0 atom stereocenters. The molecule has 0 radical (unpaired) electrons. The van der Waals surface area contributed by atoms with E-state index in [0.29, 0.717) is 6.54 Å². The SMILES string of the molecule is CN(C)CCCNC(=O)CNC(=O)Cc1c[nH]c2ccccc12. The van der Waals surface area contributed by atoms with Crippen LogP contribution in [0.25, 0.3) is 10.9 Å². The predicted molar refractivity (Wildman–Crippen MR) is 91.2 cm³/mol. The molecule has 1 heterocycles. The molecule has 0 fully saturated rings. The molecule has 6 nitrogen and oxygen atoms in total. The fourth-order valence-corrected chi connectivity index (χ4v) is 2.38. The summed E-state index contributed by atoms with van der Waals surface area (Å²) in [4.78, 5) is 28.8. The fourth-order valence-electron chi connectivity index (χ4n) is 2.38. The topological polar surface area (TPSA) is 77.2 Å². The Balaban J connectivity index is 1.72. The van der Waals surface area contributed by atoms with Gasteiger partial charge in [-0.1, -0.05) is 18.2 Å². The first-order valence-electron chi connectivity index (χ1n) is 7.79. The molecule has 3 N–H and O–H groups in total. The van der Waals surface area contributed by atoms with E-state index in [1.807, 2.05) is 44.6 Å². The largest absolute Gasteiger partial charge is 0.361 e. The van der Waals surface area contributed by atoms with Crippen molar-refractivity contribution in [3.8, 4) is 0 Å². The van der Waals surface area contributed by atoms with E-state index < -0.39 is 0 Å². The van der Waals surface area contributed by atoms with Gasteiger partial charge in [0.2, 0.25) is 11.8 Å². The highest BCUT2D eigenvalue weighted by Crippen LogP contribution is 2.17. The Morgan fingerprint density at radius 1 is 1.13 bits per heavy atom. The van der Waals surface area contributed by atoms with Gasteiger partial charge in [-0.3, -0.25) is 9.59 Å². The molecule has 0 bridgehead atoms. The van der Waals surface area contributed by atoms with Crippen molar-refractivity contribution in [1.29, 1.82) is 0 Å². The van der Waals surface area contributed by atoms with Crippen LogP contribution in [0.5, 0.6) is 0 Å². The van der Waals surface area contributed by atoms with Gasteiger partial charge in [-0.2, -0.15) is 0 Å². The standard InChI is InChI=1S/C17H24N4O2/c1-21(2)9-5-8-18-17(23)12-20-16(22)10-13-11-19-15-7-4-3-6-14(13)15/h3-4,6-7,11,19H,5,8-10,12H2,1-2H3,(H,18,23)(H,20,22). The van der Waals surface area contributed by atoms with Crippen LogP contribution in [0.2, 0.25) is 0 Å². The van der Waals surface area contributed by atoms with Crippen LogP contribution in [0, 0.1) is 0 Å². The van der Waals surface area contributed by atoms with Gasteiger partial charge >= 0.3 is 0 Å². The first kappa shape index (κ1) is 17.0. The van der Waals surface area contributed by atoms with E-state index in [1.165, 1.54) is 0 Å². The van der Waals surface area contributed by atoms with E-state index >= 15 is 0 Å². The van der Waals surface area contributed by atoms with Crippen molar-refractivity contribution in [1.82, 2.24) is 20.5 Å². The van der Waals surface area contributed by atoms with Gasteiger partial charge in [0.05, 0.1) is 13.0 Å². The average Bonchev–Trinajstić information content (AvgIpc) is 2.93. The van der Waals surface area contributed by atoms with Crippen molar-refractivity contribution in [2.45, 2.75) is 12.8 Å². The zero-order chi connectivity index (χ0) is 16.7. The minimum absolute atomic E-state index is 0.0170. The van der Waals surface area contributed by atoms with E-state index in [2.05, 4.69) is 20.5 Å². The highest BCUT2D eigenvalue weighted by Gasteiger charge is 2.09. The van der Waals surface area contributed by atoms with Gasteiger partial charge in [-0.25, -0.2) is 0 Å². The lowest BCUT2D eigenvalue weighted by Gasteiger charge is -2.10. The number of hydrogen-bond donors (Lipinski definition) is 3. The summed E-state index contributed by atoms with van der Waals surface area (Å²) in [5.41, 5.74) is 1.94. The Morgan fingerprint density at radius 2 is 1.91 bits per heavy atom. The first-order chi connectivity index (χ1) is 11.1. The predicted octanol–water partition coefficient (Wildman–Crippen LogP) is 0.895. The number of benzene rings is 1. The van der Waals surface area contributed by atoms with Crippen molar-refractivity contribution in [3.63, 3.8) is 0 Å². The van der Waals surface area contributed by atoms with Gasteiger partial charge in [0.1, 0.15) is 0 Å². The van der Waals surface area contributed by atoms with E-state index in [4.69, 9.17) is 0 Å². The number of rotatable bonds is 8. The molecule has 6 heteroatoms. The Hall–Kier alpha value is -2.34. The van der Waals surface area contributed by atoms with E-state index in [-0.39, 0.29) is 24.8 Å². The molecule has 0 saturated carbocycles. The second-order valence-corrected chi connectivity index (χ2v) is 5.82. The van der Waals surface area contributed by atoms with Crippen LogP contribution in [0.4, 0.5) is 0 Å². The highest BCUT2D eigenvalue weighted by atomic mass is 16.2. The van der Waals surface area contributed by atoms with Crippen LogP contribution < -0.4 is 10.6 Å². The lowest BCUT2D eigenvalue weighted by Crippen LogP contribution is -2.38. The molecule has 0 aliphatic rings. The molecule has 0 saturated heterocycles. The second kappa shape index (κ2) is 8.33. The van der Waals surface area contributed by atoms with Crippen molar-refractivity contribution < 1.29 is 9.59 Å². The van der Waals surface area contributed by atoms with Crippen LogP contribution in [-0.2, 0) is 16.0 Å². The van der Waals surface area contributed by atoms with Crippen LogP contribution in [0.3, 0.4) is 0 Å². The average molecular weight is 316 g/mol. The summed E-state index contributed by atoms with van der Waals surface area (Å²) in [6.07, 6.45) is 2.99. The van der Waals surface area contributed by atoms with Crippen molar-refractivity contribution in [2.75, 3.05) is 33.7 Å². The van der Waals surface area contributed by atoms with Crippen molar-refractivity contribution >= 4 is 22.7 Å². The maximum absolute atomic E-state index is 12.0. The second-order valence-electron chi connectivity index (χ2n) is 5.82. The number of aromatic amines is 1. The molecule has 1 aromatic carbocycles. The molecular formula is C17H24N4O2. The minimum atomic E-state index is -0.156. The minimum Gasteiger partial charge on any atom is -0.361 e. The molecule has 0 aliphatic carbocycles. The van der Waals surface area contributed by atoms with Gasteiger partial charge < -0.3 is 20.5 Å². The maximum Gasteiger partial charge on any atom is 0.239 e. The van der Waals surface area contributed by atoms with Crippen LogP contribution in [0.1, 0.15) is 12.0 Å². The quantitative estimate of drug-likeness (QED) is 0.633. The number of fused-ring (bicyclic) bond motifs is 1. The number of nitrogens with zero attached hydrogens (tertiary/aromatic N) is 1. The number of amides is 2. The zero-order valence-electron chi connectivity index (χ0n) is 13.7. The van der Waals surface area contributed by atoms with E-state index in [1.54, 1.807) is 0 Å². The summed E-state index contributed by atoms with van der Waals surface area (Å²) in [6.45, 7) is 1.56. The van der Waals surface area contributed by atoms with Gasteiger partial charge in [-0.15, -0.1) is 0 Å². The molecule has 2 aromatic rings. The third-order valence-corrected chi connectivity index (χ3v) is 3.58. The molecule has 0 aliphatic heterocycles. The maximum atomic E-state index is 12.0. The number of carbonyl (C=O) groups excluding carboxylic acids is 2. The Morgan fingerprint density at radius 3 is 2.70 bits per heavy atom. The molecule has 0 unspecified atom stereocenters. The first-order valence-corrected chi connectivity index (χ1v) is 7.79. The number of para-hydroxylation sites is 1. The third kappa shape index (κ3) is 5.41. The van der Waals surface area contributed by atoms with Gasteiger partial charge in [0, 0.05) is 23.6 Å². The normalized spacial score (nSPS) is 10.9. The molecule has 124 valence electrons. The monoisotopic (exact) mass is 316 g/mol. The number of H-pyrrole nitrogens is 1. The molecule has 2 rings (SSSR count). The summed E-state index contributed by atoms with van der Waals surface area (Å²) in [7, 11) is 3.99. The van der Waals surface area contributed by atoms with Crippen molar-refractivity contribution in [2.24, 2.45) is 0 Å². The van der Waals surface area contributed by atoms with Crippen LogP contribution >= 0.6 is 0 Å². The summed E-state index contributed by atoms with van der Waals surface area (Å²) < 4.78 is 0. The molecule has 0 spiro atoms. The lowest BCUT2D eigenvalue weighted by atomic mass is 10.1. The summed E-state index contributed by atoms with van der Waals surface area (Å²) in [5, 5.41) is 6.49. The molecule has 1 aromatic heterocycles. The smallest absolute Gasteiger partial charge is 0.239 e. The third-order valence-electron chi connectivity index (χ3n) is 3.58. The fraction of sp³-hybridized carbons (Fsp3) is 0.412. The zero-order valence-corrected chi connectivity index (χ0v) is 13.7. The van der Waals surface area contributed by atoms with E-state index in [9.17, 15) is 9.59 Å². The number of nitrogens with one attached hydrogen (secondary N) is 3. The van der Waals surface area contributed by atoms with Crippen LogP contribution in [0.15, 0.2) is 30.5 Å². The van der Waals surface area contributed by atoms with Crippen molar-refractivity contribution in [3.05, 3.63) is 36.0 Å². The number of carbonyl (C=O) groups is 2. The summed E-state index contributed by atoms with van der Waals surface area (Å²) >= 11 is 0. The van der Waals surface area contributed by atoms with E-state index in [0.717, 1.165) is 29.4 Å². The molecule has 23 heavy (non-hydrogen) atoms. The number of hydrogen-bond acceptors (Lipinski definition) is 3. The lowest BCUT2D eigenvalue weighted by molar-refractivity contribution is -0.125. The van der Waals surface area contributed by atoms with Gasteiger partial charge in [0.15, 0.2) is 0 Å². The Bertz CT molecular complexity index is 663. The van der Waals surface area contributed by atoms with Crippen LogP contribution in [-0.4, -0.2) is 55.4 Å². The summed E-state index contributed by atoms with van der Waals surface area (Å²) in [6, 6.07) is 7.84. The Kier molecular flexibility index (Phi) is 6.17. The van der Waals surface area contributed by atoms with Gasteiger partial charge in [0.25, 0.3) is 0 Å². The number of aromatic nitrogens is 1. The Labute approximate surface area is 136 Å². The highest BCUT2D eigenvalue weighted by molar-refractivity contribution is 5.90.